The van der Waals surface area contributed by atoms with E-state index in [2.05, 4.69) is 51.1 Å². The summed E-state index contributed by atoms with van der Waals surface area (Å²) in [5.41, 5.74) is 0.504. The number of cyclic esters (lactones) is 1. The first kappa shape index (κ1) is 52.9. The van der Waals surface area contributed by atoms with E-state index in [-0.39, 0.29) is 30.4 Å². The van der Waals surface area contributed by atoms with Gasteiger partial charge in [0.25, 0.3) is 5.91 Å². The van der Waals surface area contributed by atoms with Crippen molar-refractivity contribution in [3.8, 4) is 0 Å². The lowest BCUT2D eigenvalue weighted by molar-refractivity contribution is -0.157. The van der Waals surface area contributed by atoms with Gasteiger partial charge in [-0.1, -0.05) is 125 Å². The lowest BCUT2D eigenvalue weighted by Crippen LogP contribution is -2.63. The van der Waals surface area contributed by atoms with Crippen LogP contribution in [0.2, 0.25) is 0 Å². The average molecular weight is 868 g/mol. The third-order valence-corrected chi connectivity index (χ3v) is 11.3. The Labute approximate surface area is 368 Å². The molecule has 1 aromatic carbocycles. The van der Waals surface area contributed by atoms with Crippen LogP contribution in [0.5, 0.6) is 0 Å². The number of rotatable bonds is 15. The van der Waals surface area contributed by atoms with E-state index in [1.54, 1.807) is 71.9 Å². The van der Waals surface area contributed by atoms with E-state index in [0.717, 1.165) is 6.42 Å². The van der Waals surface area contributed by atoms with Crippen LogP contribution < -0.4 is 37.2 Å². The molecular formula is C46H73N7O9. The number of hydrogen-bond donors (Lipinski definition) is 7. The topological polar surface area (TPSA) is 230 Å². The van der Waals surface area contributed by atoms with Crippen LogP contribution in [0.3, 0.4) is 0 Å². The lowest BCUT2D eigenvalue weighted by atomic mass is 9.95. The van der Waals surface area contributed by atoms with Gasteiger partial charge in [-0.2, -0.15) is 0 Å². The van der Waals surface area contributed by atoms with E-state index in [1.807, 2.05) is 13.8 Å². The zero-order valence-corrected chi connectivity index (χ0v) is 38.8. The number of nitrogens with one attached hydrogen (secondary N) is 7. The van der Waals surface area contributed by atoms with Gasteiger partial charge in [-0.25, -0.2) is 4.79 Å². The highest BCUT2D eigenvalue weighted by Gasteiger charge is 2.40. The van der Waals surface area contributed by atoms with Crippen molar-refractivity contribution in [1.29, 1.82) is 0 Å². The second kappa shape index (κ2) is 25.6. The Morgan fingerprint density at radius 1 is 0.758 bits per heavy atom. The minimum absolute atomic E-state index is 0.0347. The highest BCUT2D eigenvalue weighted by atomic mass is 16.5. The third kappa shape index (κ3) is 16.2. The monoisotopic (exact) mass is 868 g/mol. The zero-order chi connectivity index (χ0) is 46.8. The smallest absolute Gasteiger partial charge is 0.329 e. The molecule has 346 valence electrons. The number of amides is 7. The maximum absolute atomic E-state index is 14.5. The predicted octanol–water partition coefficient (Wildman–Crippen LogP) is 3.33. The van der Waals surface area contributed by atoms with Crippen LogP contribution in [0.1, 0.15) is 121 Å². The molecule has 0 saturated carbocycles. The van der Waals surface area contributed by atoms with E-state index in [9.17, 15) is 38.4 Å². The maximum atomic E-state index is 14.5. The molecule has 1 fully saturated rings. The molecule has 1 heterocycles. The van der Waals surface area contributed by atoms with Crippen LogP contribution in [-0.2, 0) is 49.5 Å². The normalized spacial score (nSPS) is 24.6. The van der Waals surface area contributed by atoms with Crippen molar-refractivity contribution in [1.82, 2.24) is 37.2 Å². The summed E-state index contributed by atoms with van der Waals surface area (Å²) in [6, 6.07) is 1.38. The molecule has 7 amide bonds. The molecule has 1 aliphatic heterocycles. The van der Waals surface area contributed by atoms with E-state index >= 15 is 0 Å². The summed E-state index contributed by atoms with van der Waals surface area (Å²) >= 11 is 0. The first-order valence-electron chi connectivity index (χ1n) is 22.2. The lowest BCUT2D eigenvalue weighted by Gasteiger charge is -2.32. The summed E-state index contributed by atoms with van der Waals surface area (Å²) in [5, 5.41) is 19.1. The van der Waals surface area contributed by atoms with Crippen LogP contribution >= 0.6 is 0 Å². The first-order valence-corrected chi connectivity index (χ1v) is 22.2. The van der Waals surface area contributed by atoms with Gasteiger partial charge in [0.2, 0.25) is 35.4 Å². The highest BCUT2D eigenvalue weighted by Crippen LogP contribution is 2.16. The van der Waals surface area contributed by atoms with Crippen molar-refractivity contribution in [2.24, 2.45) is 29.6 Å². The Balaban J connectivity index is 2.71. The van der Waals surface area contributed by atoms with Gasteiger partial charge >= 0.3 is 5.97 Å². The van der Waals surface area contributed by atoms with Gasteiger partial charge in [-0.3, -0.25) is 33.6 Å². The first-order chi connectivity index (χ1) is 29.1. The van der Waals surface area contributed by atoms with Crippen LogP contribution in [0.4, 0.5) is 0 Å². The molecule has 2 rings (SSSR count). The molecule has 0 aliphatic carbocycles. The molecule has 1 aliphatic rings. The minimum Gasteiger partial charge on any atom is -0.458 e. The van der Waals surface area contributed by atoms with Crippen molar-refractivity contribution in [2.45, 2.75) is 164 Å². The van der Waals surface area contributed by atoms with Gasteiger partial charge in [0, 0.05) is 12.8 Å². The molecule has 0 aromatic heterocycles. The summed E-state index contributed by atoms with van der Waals surface area (Å²) in [5.74, 6) is -7.26. The van der Waals surface area contributed by atoms with Crippen molar-refractivity contribution in [3.63, 3.8) is 0 Å². The van der Waals surface area contributed by atoms with E-state index in [0.29, 0.717) is 30.7 Å². The number of benzene rings is 1. The standard InChI is InChI=1S/C46H73N7O9/c1-13-28(10)37(49-34(54)23-19-20-25(4)5)43(58)53-39-30(12)62-46(61)36(27(8)9)51-40(55)32(15-3)47-41(56)33(24-31-21-17-16-18-22-31)48-42(57)35(26(6)7)50-44(59)38(29(11)14-2)52-45(39)60/h15-18,21-22,25-30,33,35-39H,13-14,19-20,23-24H2,1-12H3,(H,47,56)(H,48,57)(H,49,54)(H,50,59)(H,51,55)(H,52,60)(H,53,58)/b32-15-/t28-,29-,30+,33+,35-,36+,37-,38-,39-/m1/s1. The van der Waals surface area contributed by atoms with Crippen LogP contribution in [0.15, 0.2) is 42.1 Å². The average Bonchev–Trinajstić information content (AvgIpc) is 3.22. The Morgan fingerprint density at radius 3 is 1.90 bits per heavy atom. The molecule has 0 spiro atoms. The Hall–Kier alpha value is -5.28. The Kier molecular flexibility index (Phi) is 21.8. The second-order valence-electron chi connectivity index (χ2n) is 17.6. The highest BCUT2D eigenvalue weighted by molar-refractivity contribution is 6.02. The number of ether oxygens (including phenoxy) is 1. The molecule has 1 aromatic rings. The quantitative estimate of drug-likeness (QED) is 0.101. The molecule has 0 bridgehead atoms. The largest absolute Gasteiger partial charge is 0.458 e. The summed E-state index contributed by atoms with van der Waals surface area (Å²) in [6.07, 6.45) is 2.58. The molecule has 62 heavy (non-hydrogen) atoms. The molecule has 1 saturated heterocycles. The number of esters is 1. The predicted molar refractivity (Wildman–Crippen MR) is 236 cm³/mol. The van der Waals surface area contributed by atoms with Gasteiger partial charge in [-0.05, 0) is 55.4 Å². The van der Waals surface area contributed by atoms with Crippen molar-refractivity contribution in [2.75, 3.05) is 0 Å². The molecule has 16 nitrogen and oxygen atoms in total. The zero-order valence-electron chi connectivity index (χ0n) is 38.8. The SMILES string of the molecule is C/C=C1\NC(=O)[C@H](Cc2ccccc2)NC(=O)[C@@H](C(C)C)NC(=O)[C@@H]([C@H](C)CC)NC(=O)[C@H](NC(=O)[C@H](NC(=O)CCCC(C)C)[C@H](C)CC)[C@H](C)OC(=O)[C@H](C(C)C)NC1=O. The minimum atomic E-state index is -1.59. The van der Waals surface area contributed by atoms with Crippen LogP contribution in [0.25, 0.3) is 0 Å². The van der Waals surface area contributed by atoms with Gasteiger partial charge in [0.1, 0.15) is 48.1 Å². The molecular weight excluding hydrogens is 795 g/mol. The summed E-state index contributed by atoms with van der Waals surface area (Å²) in [4.78, 5) is 112. The molecule has 7 N–H and O–H groups in total. The number of carbonyl (C=O) groups is 8. The summed E-state index contributed by atoms with van der Waals surface area (Å²) in [6.45, 7) is 21.0. The third-order valence-electron chi connectivity index (χ3n) is 11.3. The molecule has 0 radical (unpaired) electrons. The van der Waals surface area contributed by atoms with Crippen molar-refractivity contribution >= 4 is 47.3 Å². The summed E-state index contributed by atoms with van der Waals surface area (Å²) in [7, 11) is 0. The molecule has 16 heteroatoms. The number of carbonyl (C=O) groups excluding carboxylic acids is 8. The molecule has 0 unspecified atom stereocenters. The maximum Gasteiger partial charge on any atom is 0.329 e. The second-order valence-corrected chi connectivity index (χ2v) is 17.6. The van der Waals surface area contributed by atoms with E-state index < -0.39 is 102 Å². The van der Waals surface area contributed by atoms with E-state index in [4.69, 9.17) is 4.74 Å². The van der Waals surface area contributed by atoms with Crippen LogP contribution in [-0.4, -0.2) is 89.7 Å². The van der Waals surface area contributed by atoms with Gasteiger partial charge < -0.3 is 42.0 Å². The van der Waals surface area contributed by atoms with E-state index in [1.165, 1.54) is 19.9 Å². The molecule has 9 atom stereocenters. The fraction of sp³-hybridized carbons (Fsp3) is 0.652. The Morgan fingerprint density at radius 2 is 1.35 bits per heavy atom. The van der Waals surface area contributed by atoms with Gasteiger partial charge in [-0.15, -0.1) is 0 Å². The van der Waals surface area contributed by atoms with Crippen LogP contribution in [0, 0.1) is 29.6 Å². The van der Waals surface area contributed by atoms with Gasteiger partial charge in [0.05, 0.1) is 0 Å². The number of allylic oxidation sites excluding steroid dienone is 1. The van der Waals surface area contributed by atoms with Gasteiger partial charge in [0.15, 0.2) is 0 Å². The summed E-state index contributed by atoms with van der Waals surface area (Å²) < 4.78 is 5.85. The fourth-order valence-electron chi connectivity index (χ4n) is 6.82. The van der Waals surface area contributed by atoms with Crippen molar-refractivity contribution < 1.29 is 43.1 Å². The Bertz CT molecular complexity index is 1730. The fourth-order valence-corrected chi connectivity index (χ4v) is 6.82. The van der Waals surface area contributed by atoms with Crippen molar-refractivity contribution in [3.05, 3.63) is 47.7 Å². The number of hydrogen-bond acceptors (Lipinski definition) is 9.